The smallest absolute Gasteiger partial charge is 0.338 e. The van der Waals surface area contributed by atoms with Crippen LogP contribution in [0.1, 0.15) is 47.9 Å². The van der Waals surface area contributed by atoms with E-state index in [2.05, 4.69) is 0 Å². The lowest BCUT2D eigenvalue weighted by Crippen LogP contribution is -2.14. The van der Waals surface area contributed by atoms with Gasteiger partial charge in [-0.1, -0.05) is 32.4 Å². The summed E-state index contributed by atoms with van der Waals surface area (Å²) in [5, 5.41) is 8.74. The molecule has 18 heavy (non-hydrogen) atoms. The average Bonchev–Trinajstić information content (AvgIpc) is 2.13. The molecule has 1 aromatic carbocycles. The number of halogens is 2. The first-order valence-corrected chi connectivity index (χ1v) is 5.75. The van der Waals surface area contributed by atoms with Crippen LogP contribution in [0.4, 0.5) is 4.39 Å². The molecular weight excluding hydrogens is 259 g/mol. The Bertz CT molecular complexity index is 504. The monoisotopic (exact) mass is 272 g/mol. The van der Waals surface area contributed by atoms with Gasteiger partial charge in [0, 0.05) is 12.0 Å². The fourth-order valence-electron chi connectivity index (χ4n) is 1.50. The van der Waals surface area contributed by atoms with E-state index in [1.807, 2.05) is 20.8 Å². The van der Waals surface area contributed by atoms with Crippen LogP contribution in [-0.2, 0) is 0 Å². The van der Waals surface area contributed by atoms with Crippen LogP contribution >= 0.6 is 11.6 Å². The van der Waals surface area contributed by atoms with Crippen LogP contribution in [0.25, 0.3) is 0 Å². The third-order valence-electron chi connectivity index (χ3n) is 2.28. The van der Waals surface area contributed by atoms with E-state index in [1.54, 1.807) is 0 Å². The highest BCUT2D eigenvalue weighted by Crippen LogP contribution is 2.27. The summed E-state index contributed by atoms with van der Waals surface area (Å²) in [5.74, 6) is -2.66. The van der Waals surface area contributed by atoms with Gasteiger partial charge in [-0.15, -0.1) is 0 Å². The van der Waals surface area contributed by atoms with Crippen molar-refractivity contribution < 1.29 is 19.1 Å². The molecule has 0 heterocycles. The lowest BCUT2D eigenvalue weighted by atomic mass is 9.87. The lowest BCUT2D eigenvalue weighted by molar-refractivity contribution is 0.0692. The second-order valence-corrected chi connectivity index (χ2v) is 5.68. The maximum Gasteiger partial charge on any atom is 0.338 e. The minimum Gasteiger partial charge on any atom is -0.478 e. The number of carboxylic acid groups (broad SMARTS) is 1. The molecule has 0 aliphatic rings. The van der Waals surface area contributed by atoms with Crippen molar-refractivity contribution in [1.82, 2.24) is 0 Å². The van der Waals surface area contributed by atoms with Crippen molar-refractivity contribution >= 4 is 23.4 Å². The van der Waals surface area contributed by atoms with E-state index >= 15 is 0 Å². The first kappa shape index (κ1) is 14.6. The van der Waals surface area contributed by atoms with E-state index in [9.17, 15) is 14.0 Å². The Labute approximate surface area is 110 Å². The number of hydrogen-bond acceptors (Lipinski definition) is 2. The summed E-state index contributed by atoms with van der Waals surface area (Å²) in [6, 6.07) is 1.86. The quantitative estimate of drug-likeness (QED) is 0.852. The van der Waals surface area contributed by atoms with Gasteiger partial charge in [0.05, 0.1) is 10.6 Å². The molecule has 1 N–H and O–H groups in total. The zero-order valence-corrected chi connectivity index (χ0v) is 11.1. The van der Waals surface area contributed by atoms with Crippen LogP contribution < -0.4 is 0 Å². The van der Waals surface area contributed by atoms with E-state index in [-0.39, 0.29) is 28.2 Å². The molecule has 98 valence electrons. The second-order valence-electron chi connectivity index (χ2n) is 5.28. The Morgan fingerprint density at radius 1 is 1.28 bits per heavy atom. The Morgan fingerprint density at radius 2 is 1.83 bits per heavy atom. The van der Waals surface area contributed by atoms with Gasteiger partial charge in [0.2, 0.25) is 0 Å². The van der Waals surface area contributed by atoms with Crippen LogP contribution in [0.15, 0.2) is 12.1 Å². The first-order chi connectivity index (χ1) is 8.11. The van der Waals surface area contributed by atoms with Gasteiger partial charge in [-0.3, -0.25) is 4.79 Å². The van der Waals surface area contributed by atoms with Gasteiger partial charge < -0.3 is 5.11 Å². The molecule has 0 aromatic heterocycles. The zero-order valence-electron chi connectivity index (χ0n) is 10.4. The minimum absolute atomic E-state index is 0.0467. The number of carboxylic acids is 1. The van der Waals surface area contributed by atoms with Gasteiger partial charge in [-0.05, 0) is 17.5 Å². The first-order valence-electron chi connectivity index (χ1n) is 5.37. The predicted molar refractivity (Wildman–Crippen MR) is 66.8 cm³/mol. The topological polar surface area (TPSA) is 54.4 Å². The molecule has 0 aliphatic heterocycles. The number of carbonyl (C=O) groups is 2. The second kappa shape index (κ2) is 5.06. The molecule has 3 nitrogen and oxygen atoms in total. The summed E-state index contributed by atoms with van der Waals surface area (Å²) in [6.07, 6.45) is 0.206. The average molecular weight is 273 g/mol. The van der Waals surface area contributed by atoms with Gasteiger partial charge in [-0.25, -0.2) is 9.18 Å². The van der Waals surface area contributed by atoms with Crippen LogP contribution in [-0.4, -0.2) is 16.9 Å². The normalized spacial score (nSPS) is 11.4. The van der Waals surface area contributed by atoms with Crippen molar-refractivity contribution in [2.24, 2.45) is 5.41 Å². The molecule has 0 radical (unpaired) electrons. The molecule has 0 saturated heterocycles. The highest BCUT2D eigenvalue weighted by Gasteiger charge is 2.22. The number of aromatic carboxylic acids is 1. The number of Topliss-reactive ketones (excluding diaryl/α,β-unsaturated/α-hetero) is 1. The molecule has 0 saturated carbocycles. The molecule has 0 atom stereocenters. The van der Waals surface area contributed by atoms with Crippen LogP contribution in [0.2, 0.25) is 5.02 Å². The fraction of sp³-hybridized carbons (Fsp3) is 0.385. The van der Waals surface area contributed by atoms with Gasteiger partial charge >= 0.3 is 5.97 Å². The van der Waals surface area contributed by atoms with Crippen molar-refractivity contribution in [3.8, 4) is 0 Å². The summed E-state index contributed by atoms with van der Waals surface area (Å²) in [4.78, 5) is 22.8. The molecule has 0 spiro atoms. The zero-order chi connectivity index (χ0) is 14.1. The van der Waals surface area contributed by atoms with Crippen LogP contribution in [0.3, 0.4) is 0 Å². The molecule has 0 aliphatic carbocycles. The molecule has 0 amide bonds. The number of carbonyl (C=O) groups excluding carboxylic acids is 1. The van der Waals surface area contributed by atoms with Crippen molar-refractivity contribution in [2.75, 3.05) is 0 Å². The third-order valence-corrected chi connectivity index (χ3v) is 2.59. The number of hydrogen-bond donors (Lipinski definition) is 1. The predicted octanol–water partition coefficient (Wildman–Crippen LogP) is 3.80. The highest BCUT2D eigenvalue weighted by molar-refractivity contribution is 6.34. The summed E-state index contributed by atoms with van der Waals surface area (Å²) in [6.45, 7) is 5.63. The van der Waals surface area contributed by atoms with E-state index in [0.717, 1.165) is 12.1 Å². The maximum absolute atomic E-state index is 13.3. The van der Waals surface area contributed by atoms with Crippen molar-refractivity contribution in [1.29, 1.82) is 0 Å². The number of rotatable bonds is 3. The van der Waals surface area contributed by atoms with Crippen molar-refractivity contribution in [3.05, 3.63) is 34.1 Å². The van der Waals surface area contributed by atoms with Gasteiger partial charge in [-0.2, -0.15) is 0 Å². The SMILES string of the molecule is CC(C)(C)CC(=O)c1cc(C(=O)O)c(F)cc1Cl. The summed E-state index contributed by atoms with van der Waals surface area (Å²) in [5.41, 5.74) is -0.750. The highest BCUT2D eigenvalue weighted by atomic mass is 35.5. The maximum atomic E-state index is 13.3. The van der Waals surface area contributed by atoms with Crippen LogP contribution in [0, 0.1) is 11.2 Å². The van der Waals surface area contributed by atoms with Gasteiger partial charge in [0.1, 0.15) is 5.82 Å². The Balaban J connectivity index is 3.21. The Kier molecular flexibility index (Phi) is 4.12. The largest absolute Gasteiger partial charge is 0.478 e. The lowest BCUT2D eigenvalue weighted by Gasteiger charge is -2.17. The van der Waals surface area contributed by atoms with Crippen molar-refractivity contribution in [2.45, 2.75) is 27.2 Å². The summed E-state index contributed by atoms with van der Waals surface area (Å²) < 4.78 is 13.3. The fourth-order valence-corrected chi connectivity index (χ4v) is 1.76. The van der Waals surface area contributed by atoms with E-state index in [1.165, 1.54) is 0 Å². The van der Waals surface area contributed by atoms with E-state index in [0.29, 0.717) is 0 Å². The Hall–Kier alpha value is -1.42. The van der Waals surface area contributed by atoms with Crippen LogP contribution in [0.5, 0.6) is 0 Å². The van der Waals surface area contributed by atoms with E-state index in [4.69, 9.17) is 16.7 Å². The van der Waals surface area contributed by atoms with Crippen molar-refractivity contribution in [3.63, 3.8) is 0 Å². The van der Waals surface area contributed by atoms with Gasteiger partial charge in [0.25, 0.3) is 0 Å². The minimum atomic E-state index is -1.42. The molecule has 0 fully saturated rings. The summed E-state index contributed by atoms with van der Waals surface area (Å²) >= 11 is 5.78. The standard InChI is InChI=1S/C13H14ClFO3/c1-13(2,3)6-11(16)7-4-8(12(17)18)10(15)5-9(7)14/h4-5H,6H2,1-3H3,(H,17,18). The van der Waals surface area contributed by atoms with E-state index < -0.39 is 17.3 Å². The summed E-state index contributed by atoms with van der Waals surface area (Å²) in [7, 11) is 0. The third kappa shape index (κ3) is 3.53. The molecule has 0 bridgehead atoms. The molecule has 5 heteroatoms. The number of benzene rings is 1. The molecular formula is C13H14ClFO3. The number of ketones is 1. The molecule has 1 rings (SSSR count). The molecule has 1 aromatic rings. The van der Waals surface area contributed by atoms with Gasteiger partial charge in [0.15, 0.2) is 5.78 Å². The molecule has 0 unspecified atom stereocenters. The Morgan fingerprint density at radius 3 is 2.28 bits per heavy atom.